The number of amides is 1. The highest BCUT2D eigenvalue weighted by atomic mass is 127. The molecule has 2 rings (SSSR count). The highest BCUT2D eigenvalue weighted by molar-refractivity contribution is 14.0. The van der Waals surface area contributed by atoms with E-state index in [0.29, 0.717) is 24.6 Å². The second-order valence-electron chi connectivity index (χ2n) is 6.21. The Morgan fingerprint density at radius 1 is 1.19 bits per heavy atom. The predicted molar refractivity (Wildman–Crippen MR) is 121 cm³/mol. The summed E-state index contributed by atoms with van der Waals surface area (Å²) in [6, 6.07) is 14.9. The largest absolute Gasteiger partial charge is 0.491 e. The maximum atomic E-state index is 12.0. The van der Waals surface area contributed by atoms with E-state index in [0.717, 1.165) is 17.0 Å². The zero-order chi connectivity index (χ0) is 18.9. The molecule has 0 radical (unpaired) electrons. The van der Waals surface area contributed by atoms with Crippen LogP contribution in [-0.2, 0) is 0 Å². The summed E-state index contributed by atoms with van der Waals surface area (Å²) >= 11 is 0. The highest BCUT2D eigenvalue weighted by Gasteiger charge is 2.04. The second-order valence-corrected chi connectivity index (χ2v) is 6.21. The number of nitrogens with zero attached hydrogens (tertiary/aromatic N) is 1. The van der Waals surface area contributed by atoms with Gasteiger partial charge in [-0.3, -0.25) is 9.79 Å². The molecule has 0 heterocycles. The van der Waals surface area contributed by atoms with Gasteiger partial charge in [0.2, 0.25) is 0 Å². The second kappa shape index (κ2) is 11.4. The molecule has 1 amide bonds. The van der Waals surface area contributed by atoms with E-state index in [4.69, 9.17) is 10.5 Å². The van der Waals surface area contributed by atoms with Crippen molar-refractivity contribution in [1.29, 1.82) is 0 Å². The zero-order valence-corrected chi connectivity index (χ0v) is 18.2. The fourth-order valence-corrected chi connectivity index (χ4v) is 2.31. The molecule has 0 spiro atoms. The number of anilines is 1. The lowest BCUT2D eigenvalue weighted by Crippen LogP contribution is -2.28. The van der Waals surface area contributed by atoms with Gasteiger partial charge in [-0.25, -0.2) is 0 Å². The highest BCUT2D eigenvalue weighted by Crippen LogP contribution is 2.16. The Labute approximate surface area is 177 Å². The van der Waals surface area contributed by atoms with Crippen molar-refractivity contribution in [2.45, 2.75) is 26.9 Å². The van der Waals surface area contributed by atoms with Crippen molar-refractivity contribution < 1.29 is 9.53 Å². The first kappa shape index (κ1) is 22.8. The molecule has 0 bridgehead atoms. The minimum atomic E-state index is -0.115. The van der Waals surface area contributed by atoms with Gasteiger partial charge in [0.1, 0.15) is 5.75 Å². The lowest BCUT2D eigenvalue weighted by Gasteiger charge is -2.11. The van der Waals surface area contributed by atoms with E-state index < -0.39 is 0 Å². The molecule has 0 fully saturated rings. The molecule has 0 saturated carbocycles. The van der Waals surface area contributed by atoms with E-state index in [9.17, 15) is 4.79 Å². The van der Waals surface area contributed by atoms with Gasteiger partial charge in [0.05, 0.1) is 12.6 Å². The van der Waals surface area contributed by atoms with Crippen molar-refractivity contribution in [3.63, 3.8) is 0 Å². The van der Waals surface area contributed by atoms with Gasteiger partial charge < -0.3 is 21.1 Å². The van der Waals surface area contributed by atoms with E-state index in [-0.39, 0.29) is 36.0 Å². The number of benzene rings is 2. The number of ether oxygens (including phenoxy) is 1. The van der Waals surface area contributed by atoms with E-state index in [1.165, 1.54) is 0 Å². The van der Waals surface area contributed by atoms with Crippen LogP contribution in [0.2, 0.25) is 0 Å². The van der Waals surface area contributed by atoms with Crippen LogP contribution in [0.1, 0.15) is 29.8 Å². The van der Waals surface area contributed by atoms with Crippen LogP contribution >= 0.6 is 24.0 Å². The van der Waals surface area contributed by atoms with E-state index >= 15 is 0 Å². The molecule has 146 valence electrons. The number of nitrogens with one attached hydrogen (secondary N) is 2. The first-order valence-electron chi connectivity index (χ1n) is 8.62. The lowest BCUT2D eigenvalue weighted by atomic mass is 10.1. The number of rotatable bonds is 7. The minimum Gasteiger partial charge on any atom is -0.491 e. The van der Waals surface area contributed by atoms with E-state index in [1.54, 1.807) is 6.07 Å². The molecule has 0 atom stereocenters. The molecule has 27 heavy (non-hydrogen) atoms. The summed E-state index contributed by atoms with van der Waals surface area (Å²) in [6.07, 6.45) is 0.135. The number of halogens is 1. The average Bonchev–Trinajstić information content (AvgIpc) is 2.60. The number of guanidine groups is 1. The van der Waals surface area contributed by atoms with Crippen molar-refractivity contribution in [3.05, 3.63) is 59.7 Å². The molecule has 4 N–H and O–H groups in total. The molecule has 0 aromatic heterocycles. The molecular formula is C20H27IN4O2. The van der Waals surface area contributed by atoms with Crippen LogP contribution in [0.5, 0.6) is 5.75 Å². The summed E-state index contributed by atoms with van der Waals surface area (Å²) in [4.78, 5) is 16.2. The van der Waals surface area contributed by atoms with Gasteiger partial charge in [-0.1, -0.05) is 17.7 Å². The number of aliphatic imine (C=N–C) groups is 1. The molecule has 0 unspecified atom stereocenters. The lowest BCUT2D eigenvalue weighted by molar-refractivity contribution is 0.0954. The van der Waals surface area contributed by atoms with Crippen LogP contribution in [0.15, 0.2) is 53.5 Å². The third-order valence-electron chi connectivity index (χ3n) is 3.46. The molecule has 0 aliphatic rings. The van der Waals surface area contributed by atoms with E-state index in [2.05, 4.69) is 15.6 Å². The number of hydrogen-bond acceptors (Lipinski definition) is 3. The summed E-state index contributed by atoms with van der Waals surface area (Å²) in [5.41, 5.74) is 8.38. The number of hydrogen-bond donors (Lipinski definition) is 3. The molecule has 0 saturated heterocycles. The molecular weight excluding hydrogens is 455 g/mol. The van der Waals surface area contributed by atoms with Crippen molar-refractivity contribution in [2.24, 2.45) is 10.7 Å². The van der Waals surface area contributed by atoms with Crippen molar-refractivity contribution in [1.82, 2.24) is 5.32 Å². The summed E-state index contributed by atoms with van der Waals surface area (Å²) in [7, 11) is 0. The molecule has 2 aromatic carbocycles. The SMILES string of the molecule is Cc1cccc(C(=O)NCCN=C(N)Nc2ccc(OC(C)C)cc2)c1.I. The molecule has 0 aliphatic heterocycles. The van der Waals surface area contributed by atoms with Gasteiger partial charge in [-0.05, 0) is 57.2 Å². The maximum Gasteiger partial charge on any atom is 0.251 e. The van der Waals surface area contributed by atoms with Crippen LogP contribution in [0.3, 0.4) is 0 Å². The Morgan fingerprint density at radius 3 is 2.52 bits per heavy atom. The fourth-order valence-electron chi connectivity index (χ4n) is 2.31. The third kappa shape index (κ3) is 8.29. The number of carbonyl (C=O) groups is 1. The zero-order valence-electron chi connectivity index (χ0n) is 15.9. The molecule has 7 heteroatoms. The summed E-state index contributed by atoms with van der Waals surface area (Å²) in [5, 5.41) is 5.83. The van der Waals surface area contributed by atoms with E-state index in [1.807, 2.05) is 63.2 Å². The van der Waals surface area contributed by atoms with Gasteiger partial charge >= 0.3 is 0 Å². The Hall–Kier alpha value is -2.29. The Morgan fingerprint density at radius 2 is 1.89 bits per heavy atom. The topological polar surface area (TPSA) is 88.7 Å². The van der Waals surface area contributed by atoms with Gasteiger partial charge in [0, 0.05) is 17.8 Å². The van der Waals surface area contributed by atoms with Gasteiger partial charge in [0.25, 0.3) is 5.91 Å². The molecule has 0 aliphatic carbocycles. The summed E-state index contributed by atoms with van der Waals surface area (Å²) < 4.78 is 5.59. The van der Waals surface area contributed by atoms with Crippen LogP contribution in [-0.4, -0.2) is 31.1 Å². The third-order valence-corrected chi connectivity index (χ3v) is 3.46. The van der Waals surface area contributed by atoms with Crippen molar-refractivity contribution in [3.8, 4) is 5.75 Å². The first-order valence-corrected chi connectivity index (χ1v) is 8.62. The number of nitrogens with two attached hydrogens (primary N) is 1. The van der Waals surface area contributed by atoms with Crippen LogP contribution in [0, 0.1) is 6.92 Å². The predicted octanol–water partition coefficient (Wildman–Crippen LogP) is 3.56. The first-order chi connectivity index (χ1) is 12.4. The fraction of sp³-hybridized carbons (Fsp3) is 0.300. The Balaban J connectivity index is 0.00000364. The average molecular weight is 482 g/mol. The van der Waals surface area contributed by atoms with Crippen molar-refractivity contribution >= 4 is 41.5 Å². The van der Waals surface area contributed by atoms with Crippen LogP contribution in [0.25, 0.3) is 0 Å². The van der Waals surface area contributed by atoms with Crippen LogP contribution in [0.4, 0.5) is 5.69 Å². The van der Waals surface area contributed by atoms with Gasteiger partial charge in [-0.2, -0.15) is 0 Å². The Kier molecular flexibility index (Phi) is 9.63. The van der Waals surface area contributed by atoms with Crippen molar-refractivity contribution in [2.75, 3.05) is 18.4 Å². The number of carbonyl (C=O) groups excluding carboxylic acids is 1. The van der Waals surface area contributed by atoms with Crippen LogP contribution < -0.4 is 21.1 Å². The molecule has 2 aromatic rings. The number of aryl methyl sites for hydroxylation is 1. The normalized spacial score (nSPS) is 10.9. The molecule has 6 nitrogen and oxygen atoms in total. The standard InChI is InChI=1S/C20H26N4O2.HI/c1-14(2)26-18-9-7-17(8-10-18)24-20(21)23-12-11-22-19(25)16-6-4-5-15(3)13-16;/h4-10,13-14H,11-12H2,1-3H3,(H,22,25)(H3,21,23,24);1H. The smallest absolute Gasteiger partial charge is 0.251 e. The quantitative estimate of drug-likeness (QED) is 0.244. The Bertz CT molecular complexity index is 761. The van der Waals surface area contributed by atoms with Gasteiger partial charge in [-0.15, -0.1) is 24.0 Å². The summed E-state index contributed by atoms with van der Waals surface area (Å²) in [6.45, 7) is 6.72. The maximum absolute atomic E-state index is 12.0. The van der Waals surface area contributed by atoms with Gasteiger partial charge in [0.15, 0.2) is 5.96 Å². The summed E-state index contributed by atoms with van der Waals surface area (Å²) in [5.74, 6) is 0.989. The minimum absolute atomic E-state index is 0. The monoisotopic (exact) mass is 482 g/mol.